The third-order valence-electron chi connectivity index (χ3n) is 2.96. The van der Waals surface area contributed by atoms with E-state index in [0.717, 1.165) is 4.88 Å². The highest BCUT2D eigenvalue weighted by molar-refractivity contribution is 7.27. The van der Waals surface area contributed by atoms with E-state index in [4.69, 9.17) is 0 Å². The molecule has 1 aliphatic rings. The minimum Gasteiger partial charge on any atom is -0.337 e. The first-order chi connectivity index (χ1) is 8.24. The van der Waals surface area contributed by atoms with Crippen molar-refractivity contribution in [3.8, 4) is 0 Å². The number of carbonyl (C=O) groups is 2. The SMILES string of the molecule is O=C1CCN(C(=O)c2cc3sccc3s2)CC1. The summed E-state index contributed by atoms with van der Waals surface area (Å²) >= 11 is 3.20. The molecule has 0 N–H and O–H groups in total. The Hall–Kier alpha value is -1.20. The van der Waals surface area contributed by atoms with Gasteiger partial charge in [0.25, 0.3) is 5.91 Å². The Morgan fingerprint density at radius 1 is 1.24 bits per heavy atom. The van der Waals surface area contributed by atoms with E-state index in [9.17, 15) is 9.59 Å². The van der Waals surface area contributed by atoms with E-state index in [1.54, 1.807) is 27.6 Å². The van der Waals surface area contributed by atoms with Gasteiger partial charge in [0.1, 0.15) is 5.78 Å². The second kappa shape index (κ2) is 4.23. The summed E-state index contributed by atoms with van der Waals surface area (Å²) in [7, 11) is 0. The first-order valence-electron chi connectivity index (χ1n) is 5.52. The van der Waals surface area contributed by atoms with Crippen molar-refractivity contribution in [2.45, 2.75) is 12.8 Å². The summed E-state index contributed by atoms with van der Waals surface area (Å²) < 4.78 is 2.35. The zero-order valence-corrected chi connectivity index (χ0v) is 10.8. The molecule has 3 rings (SSSR count). The number of hydrogen-bond donors (Lipinski definition) is 0. The maximum atomic E-state index is 12.2. The first kappa shape index (κ1) is 10.9. The zero-order valence-electron chi connectivity index (χ0n) is 9.14. The van der Waals surface area contributed by atoms with Crippen LogP contribution in [0.2, 0.25) is 0 Å². The summed E-state index contributed by atoms with van der Waals surface area (Å²) in [6.45, 7) is 1.15. The topological polar surface area (TPSA) is 37.4 Å². The molecule has 17 heavy (non-hydrogen) atoms. The van der Waals surface area contributed by atoms with Gasteiger partial charge in [-0.2, -0.15) is 0 Å². The van der Waals surface area contributed by atoms with Gasteiger partial charge in [-0.3, -0.25) is 9.59 Å². The predicted molar refractivity (Wildman–Crippen MR) is 69.8 cm³/mol. The highest BCUT2D eigenvalue weighted by Gasteiger charge is 2.23. The normalized spacial score (nSPS) is 16.7. The number of carbonyl (C=O) groups excluding carboxylic acids is 2. The van der Waals surface area contributed by atoms with Gasteiger partial charge >= 0.3 is 0 Å². The van der Waals surface area contributed by atoms with E-state index in [2.05, 4.69) is 0 Å². The number of ketones is 1. The van der Waals surface area contributed by atoms with Gasteiger partial charge in [-0.15, -0.1) is 22.7 Å². The van der Waals surface area contributed by atoms with Crippen LogP contribution in [0.3, 0.4) is 0 Å². The largest absolute Gasteiger partial charge is 0.337 e. The van der Waals surface area contributed by atoms with E-state index in [0.29, 0.717) is 25.9 Å². The van der Waals surface area contributed by atoms with Crippen LogP contribution in [0, 0.1) is 0 Å². The monoisotopic (exact) mass is 265 g/mol. The molecule has 0 atom stereocenters. The summed E-state index contributed by atoms with van der Waals surface area (Å²) in [6.07, 6.45) is 1.01. The van der Waals surface area contributed by atoms with E-state index in [-0.39, 0.29) is 11.7 Å². The van der Waals surface area contributed by atoms with Crippen molar-refractivity contribution < 1.29 is 9.59 Å². The number of nitrogens with zero attached hydrogens (tertiary/aromatic N) is 1. The average molecular weight is 265 g/mol. The maximum absolute atomic E-state index is 12.2. The summed E-state index contributed by atoms with van der Waals surface area (Å²) in [4.78, 5) is 25.9. The smallest absolute Gasteiger partial charge is 0.264 e. The summed E-state index contributed by atoms with van der Waals surface area (Å²) in [5.74, 6) is 0.340. The predicted octanol–water partition coefficient (Wildman–Crippen LogP) is 2.77. The molecular formula is C12H11NO2S2. The Kier molecular flexibility index (Phi) is 2.72. The van der Waals surface area contributed by atoms with Crippen molar-refractivity contribution in [2.75, 3.05) is 13.1 Å². The average Bonchev–Trinajstić information content (AvgIpc) is 2.89. The van der Waals surface area contributed by atoms with Gasteiger partial charge in [0.05, 0.1) is 4.88 Å². The van der Waals surface area contributed by atoms with Crippen LogP contribution in [0.25, 0.3) is 9.40 Å². The highest BCUT2D eigenvalue weighted by atomic mass is 32.1. The van der Waals surface area contributed by atoms with Gasteiger partial charge in [-0.05, 0) is 17.5 Å². The lowest BCUT2D eigenvalue weighted by atomic mass is 10.1. The van der Waals surface area contributed by atoms with Gasteiger partial charge in [-0.1, -0.05) is 0 Å². The minimum absolute atomic E-state index is 0.0749. The number of fused-ring (bicyclic) bond motifs is 1. The Morgan fingerprint density at radius 3 is 2.71 bits per heavy atom. The van der Waals surface area contributed by atoms with Crippen LogP contribution in [0.5, 0.6) is 0 Å². The molecule has 5 heteroatoms. The number of Topliss-reactive ketones (excluding diaryl/α,β-unsaturated/α-hetero) is 1. The van der Waals surface area contributed by atoms with E-state index in [1.165, 1.54) is 9.40 Å². The minimum atomic E-state index is 0.0749. The third-order valence-corrected chi connectivity index (χ3v) is 5.04. The summed E-state index contributed by atoms with van der Waals surface area (Å²) in [5, 5.41) is 2.04. The van der Waals surface area contributed by atoms with Crippen molar-refractivity contribution in [3.63, 3.8) is 0 Å². The summed E-state index contributed by atoms with van der Waals surface area (Å²) in [6, 6.07) is 4.00. The second-order valence-electron chi connectivity index (χ2n) is 4.09. The molecule has 0 bridgehead atoms. The number of thiophene rings is 2. The van der Waals surface area contributed by atoms with Crippen molar-refractivity contribution in [3.05, 3.63) is 22.4 Å². The van der Waals surface area contributed by atoms with Gasteiger partial charge in [-0.25, -0.2) is 0 Å². The van der Waals surface area contributed by atoms with Gasteiger partial charge in [0.2, 0.25) is 0 Å². The third kappa shape index (κ3) is 2.00. The van der Waals surface area contributed by atoms with Crippen LogP contribution < -0.4 is 0 Å². The van der Waals surface area contributed by atoms with Crippen LogP contribution in [0.4, 0.5) is 0 Å². The molecule has 1 fully saturated rings. The molecule has 88 valence electrons. The molecule has 3 heterocycles. The number of hydrogen-bond acceptors (Lipinski definition) is 4. The second-order valence-corrected chi connectivity index (χ2v) is 6.12. The van der Waals surface area contributed by atoms with Crippen LogP contribution in [0.15, 0.2) is 17.5 Å². The molecule has 2 aromatic heterocycles. The molecule has 0 aliphatic carbocycles. The Bertz CT molecular complexity index is 546. The highest BCUT2D eigenvalue weighted by Crippen LogP contribution is 2.30. The molecule has 0 unspecified atom stereocenters. The van der Waals surface area contributed by atoms with Crippen molar-refractivity contribution in [1.82, 2.24) is 4.90 Å². The number of rotatable bonds is 1. The molecule has 0 aromatic carbocycles. The van der Waals surface area contributed by atoms with E-state index >= 15 is 0 Å². The van der Waals surface area contributed by atoms with Crippen molar-refractivity contribution in [1.29, 1.82) is 0 Å². The fourth-order valence-corrected chi connectivity index (χ4v) is 4.06. The number of likely N-dealkylation sites (tertiary alicyclic amines) is 1. The van der Waals surface area contributed by atoms with Gasteiger partial charge in [0, 0.05) is 35.3 Å². The Morgan fingerprint density at radius 2 is 2.00 bits per heavy atom. The maximum Gasteiger partial charge on any atom is 0.264 e. The molecule has 1 saturated heterocycles. The van der Waals surface area contributed by atoms with Gasteiger partial charge < -0.3 is 4.90 Å². The lowest BCUT2D eigenvalue weighted by Gasteiger charge is -2.25. The van der Waals surface area contributed by atoms with Crippen molar-refractivity contribution >= 4 is 43.8 Å². The van der Waals surface area contributed by atoms with E-state index < -0.39 is 0 Å². The molecule has 3 nitrogen and oxygen atoms in total. The molecule has 1 amide bonds. The fraction of sp³-hybridized carbons (Fsp3) is 0.333. The Labute approximate surface area is 107 Å². The summed E-state index contributed by atoms with van der Waals surface area (Å²) in [5.41, 5.74) is 0. The molecule has 1 aliphatic heterocycles. The standard InChI is InChI=1S/C12H11NO2S2/c14-8-1-4-13(5-2-8)12(15)11-7-10-9(17-11)3-6-16-10/h3,6-7H,1-2,4-5H2. The molecule has 0 saturated carbocycles. The van der Waals surface area contributed by atoms with E-state index in [1.807, 2.05) is 17.5 Å². The van der Waals surface area contributed by atoms with Gasteiger partial charge in [0.15, 0.2) is 0 Å². The van der Waals surface area contributed by atoms with Crippen molar-refractivity contribution in [2.24, 2.45) is 0 Å². The molecule has 2 aromatic rings. The first-order valence-corrected chi connectivity index (χ1v) is 7.22. The molecule has 0 radical (unpaired) electrons. The van der Waals surface area contributed by atoms with Crippen LogP contribution in [0.1, 0.15) is 22.5 Å². The fourth-order valence-electron chi connectivity index (χ4n) is 1.99. The lowest BCUT2D eigenvalue weighted by Crippen LogP contribution is -2.38. The lowest BCUT2D eigenvalue weighted by molar-refractivity contribution is -0.120. The molecule has 0 spiro atoms. The van der Waals surface area contributed by atoms with Crippen LogP contribution in [-0.2, 0) is 4.79 Å². The van der Waals surface area contributed by atoms with Crippen LogP contribution in [-0.4, -0.2) is 29.7 Å². The number of amides is 1. The zero-order chi connectivity index (χ0) is 11.8. The number of piperidine rings is 1. The Balaban J connectivity index is 1.82. The molecular weight excluding hydrogens is 254 g/mol. The van der Waals surface area contributed by atoms with Crippen LogP contribution >= 0.6 is 22.7 Å². The quantitative estimate of drug-likeness (QED) is 0.795.